The fourth-order valence-electron chi connectivity index (χ4n) is 1.61. The van der Waals surface area contributed by atoms with Gasteiger partial charge in [0.25, 0.3) is 0 Å². The number of carbonyl (C=O) groups excluding carboxylic acids is 1. The van der Waals surface area contributed by atoms with Crippen LogP contribution in [0.2, 0.25) is 0 Å². The molecule has 0 bridgehead atoms. The summed E-state index contributed by atoms with van der Waals surface area (Å²) in [4.78, 5) is 11.1. The van der Waals surface area contributed by atoms with E-state index in [1.54, 1.807) is 13.0 Å². The van der Waals surface area contributed by atoms with Crippen LogP contribution in [0.5, 0.6) is 0 Å². The molecule has 0 saturated carbocycles. The zero-order valence-corrected chi connectivity index (χ0v) is 10.3. The minimum atomic E-state index is -4.36. The van der Waals surface area contributed by atoms with Crippen LogP contribution in [-0.2, 0) is 22.1 Å². The highest BCUT2D eigenvalue weighted by Gasteiger charge is 2.32. The normalized spacial score (nSPS) is 11.4. The lowest BCUT2D eigenvalue weighted by Crippen LogP contribution is -2.09. The predicted molar refractivity (Wildman–Crippen MR) is 61.1 cm³/mol. The highest BCUT2D eigenvalue weighted by Crippen LogP contribution is 2.32. The molecule has 0 atom stereocenters. The van der Waals surface area contributed by atoms with Crippen molar-refractivity contribution in [2.75, 3.05) is 6.61 Å². The molecule has 0 fully saturated rings. The smallest absolute Gasteiger partial charge is 0.416 e. The molecule has 0 spiro atoms. The number of rotatable bonds is 4. The number of esters is 1. The maximum absolute atomic E-state index is 12.7. The van der Waals surface area contributed by atoms with Gasteiger partial charge in [0.2, 0.25) is 0 Å². The lowest BCUT2D eigenvalue weighted by molar-refractivity contribution is -0.143. The summed E-state index contributed by atoms with van der Waals surface area (Å²) < 4.78 is 42.7. The van der Waals surface area contributed by atoms with Gasteiger partial charge in [-0.2, -0.15) is 13.2 Å². The van der Waals surface area contributed by atoms with E-state index in [4.69, 9.17) is 4.74 Å². The SMILES string of the molecule is CCOC(=O)CCc1ccc(C)c(C(F)(F)F)c1. The number of aryl methyl sites for hydroxylation is 2. The summed E-state index contributed by atoms with van der Waals surface area (Å²) in [6.45, 7) is 3.38. The van der Waals surface area contributed by atoms with Gasteiger partial charge in [-0.05, 0) is 37.5 Å². The topological polar surface area (TPSA) is 26.3 Å². The Labute approximate surface area is 104 Å². The first-order chi connectivity index (χ1) is 8.34. The molecule has 1 aromatic rings. The molecule has 100 valence electrons. The third-order valence-electron chi connectivity index (χ3n) is 2.53. The number of ether oxygens (including phenoxy) is 1. The molecule has 0 aromatic heterocycles. The zero-order valence-electron chi connectivity index (χ0n) is 10.3. The van der Waals surface area contributed by atoms with Crippen LogP contribution in [-0.4, -0.2) is 12.6 Å². The summed E-state index contributed by atoms with van der Waals surface area (Å²) in [6.07, 6.45) is -4.01. The monoisotopic (exact) mass is 260 g/mol. The molecule has 5 heteroatoms. The Hall–Kier alpha value is -1.52. The van der Waals surface area contributed by atoms with Gasteiger partial charge in [-0.25, -0.2) is 0 Å². The highest BCUT2D eigenvalue weighted by molar-refractivity contribution is 5.69. The number of benzene rings is 1. The van der Waals surface area contributed by atoms with E-state index in [2.05, 4.69) is 0 Å². The van der Waals surface area contributed by atoms with E-state index in [-0.39, 0.29) is 25.0 Å². The maximum atomic E-state index is 12.7. The van der Waals surface area contributed by atoms with Gasteiger partial charge in [-0.15, -0.1) is 0 Å². The zero-order chi connectivity index (χ0) is 13.8. The Morgan fingerprint density at radius 3 is 2.56 bits per heavy atom. The Balaban J connectivity index is 2.77. The number of alkyl halides is 3. The first kappa shape index (κ1) is 14.5. The van der Waals surface area contributed by atoms with Crippen LogP contribution in [0.3, 0.4) is 0 Å². The number of carbonyl (C=O) groups is 1. The van der Waals surface area contributed by atoms with Gasteiger partial charge in [0, 0.05) is 6.42 Å². The van der Waals surface area contributed by atoms with Crippen molar-refractivity contribution < 1.29 is 22.7 Å². The molecule has 1 aromatic carbocycles. The van der Waals surface area contributed by atoms with Gasteiger partial charge in [-0.1, -0.05) is 12.1 Å². The van der Waals surface area contributed by atoms with Crippen molar-refractivity contribution >= 4 is 5.97 Å². The number of hydrogen-bond acceptors (Lipinski definition) is 2. The van der Waals surface area contributed by atoms with Crippen LogP contribution in [0, 0.1) is 6.92 Å². The summed E-state index contributed by atoms with van der Waals surface area (Å²) >= 11 is 0. The van der Waals surface area contributed by atoms with Gasteiger partial charge in [0.1, 0.15) is 0 Å². The third kappa shape index (κ3) is 4.05. The van der Waals surface area contributed by atoms with Crippen molar-refractivity contribution in [2.45, 2.75) is 32.9 Å². The van der Waals surface area contributed by atoms with E-state index in [0.717, 1.165) is 6.07 Å². The van der Waals surface area contributed by atoms with Crippen molar-refractivity contribution in [2.24, 2.45) is 0 Å². The fraction of sp³-hybridized carbons (Fsp3) is 0.462. The van der Waals surface area contributed by atoms with E-state index in [0.29, 0.717) is 5.56 Å². The van der Waals surface area contributed by atoms with Crippen LogP contribution in [0.25, 0.3) is 0 Å². The Morgan fingerprint density at radius 2 is 2.00 bits per heavy atom. The lowest BCUT2D eigenvalue weighted by Gasteiger charge is -2.11. The van der Waals surface area contributed by atoms with Crippen LogP contribution < -0.4 is 0 Å². The molecule has 0 amide bonds. The van der Waals surface area contributed by atoms with Gasteiger partial charge < -0.3 is 4.74 Å². The Kier molecular flexibility index (Phi) is 4.76. The third-order valence-corrected chi connectivity index (χ3v) is 2.53. The second-order valence-corrected chi connectivity index (χ2v) is 3.95. The van der Waals surface area contributed by atoms with E-state index < -0.39 is 17.7 Å². The molecule has 18 heavy (non-hydrogen) atoms. The van der Waals surface area contributed by atoms with Crippen LogP contribution in [0.15, 0.2) is 18.2 Å². The largest absolute Gasteiger partial charge is 0.466 e. The van der Waals surface area contributed by atoms with Gasteiger partial charge in [0.15, 0.2) is 0 Å². The van der Waals surface area contributed by atoms with Crippen molar-refractivity contribution in [3.05, 3.63) is 34.9 Å². The van der Waals surface area contributed by atoms with E-state index in [9.17, 15) is 18.0 Å². The van der Waals surface area contributed by atoms with Gasteiger partial charge >= 0.3 is 12.1 Å². The predicted octanol–water partition coefficient (Wildman–Crippen LogP) is 3.51. The minimum absolute atomic E-state index is 0.0915. The van der Waals surface area contributed by atoms with Gasteiger partial charge in [-0.3, -0.25) is 4.79 Å². The fourth-order valence-corrected chi connectivity index (χ4v) is 1.61. The molecule has 0 saturated heterocycles. The highest BCUT2D eigenvalue weighted by atomic mass is 19.4. The van der Waals surface area contributed by atoms with E-state index in [1.165, 1.54) is 13.0 Å². The van der Waals surface area contributed by atoms with Crippen LogP contribution in [0.1, 0.15) is 30.0 Å². The second kappa shape index (κ2) is 5.89. The van der Waals surface area contributed by atoms with Crippen molar-refractivity contribution in [1.82, 2.24) is 0 Å². The van der Waals surface area contributed by atoms with E-state index in [1.807, 2.05) is 0 Å². The summed E-state index contributed by atoms with van der Waals surface area (Å²) in [7, 11) is 0. The summed E-state index contributed by atoms with van der Waals surface area (Å²) in [5, 5.41) is 0. The molecular weight excluding hydrogens is 245 g/mol. The quantitative estimate of drug-likeness (QED) is 0.774. The second-order valence-electron chi connectivity index (χ2n) is 3.95. The molecule has 1 rings (SSSR count). The molecule has 0 N–H and O–H groups in total. The molecular formula is C13H15F3O2. The average molecular weight is 260 g/mol. The first-order valence-electron chi connectivity index (χ1n) is 5.67. The molecule has 0 heterocycles. The molecule has 0 unspecified atom stereocenters. The molecule has 0 aliphatic heterocycles. The van der Waals surface area contributed by atoms with E-state index >= 15 is 0 Å². The number of halogens is 3. The molecule has 2 nitrogen and oxygen atoms in total. The number of hydrogen-bond donors (Lipinski definition) is 0. The molecule has 0 radical (unpaired) electrons. The average Bonchev–Trinajstić information content (AvgIpc) is 2.27. The first-order valence-corrected chi connectivity index (χ1v) is 5.67. The van der Waals surface area contributed by atoms with Gasteiger partial charge in [0.05, 0.1) is 12.2 Å². The van der Waals surface area contributed by atoms with Crippen LogP contribution >= 0.6 is 0 Å². The molecule has 0 aliphatic carbocycles. The van der Waals surface area contributed by atoms with Crippen molar-refractivity contribution in [1.29, 1.82) is 0 Å². The van der Waals surface area contributed by atoms with Crippen molar-refractivity contribution in [3.63, 3.8) is 0 Å². The summed E-state index contributed by atoms with van der Waals surface area (Å²) in [5.41, 5.74) is 0.0206. The lowest BCUT2D eigenvalue weighted by atomic mass is 10.0. The standard InChI is InChI=1S/C13H15F3O2/c1-3-18-12(17)7-6-10-5-4-9(2)11(8-10)13(14,15)16/h4-5,8H,3,6-7H2,1-2H3. The maximum Gasteiger partial charge on any atom is 0.416 e. The van der Waals surface area contributed by atoms with Crippen LogP contribution in [0.4, 0.5) is 13.2 Å². The minimum Gasteiger partial charge on any atom is -0.466 e. The summed E-state index contributed by atoms with van der Waals surface area (Å²) in [5.74, 6) is -0.397. The molecule has 0 aliphatic rings. The Morgan fingerprint density at radius 1 is 1.33 bits per heavy atom. The Bertz CT molecular complexity index is 425. The summed E-state index contributed by atoms with van der Waals surface area (Å²) in [6, 6.07) is 4.11. The van der Waals surface area contributed by atoms with Crippen molar-refractivity contribution in [3.8, 4) is 0 Å².